The Morgan fingerprint density at radius 2 is 1.91 bits per heavy atom. The van der Waals surface area contributed by atoms with E-state index in [9.17, 15) is 4.79 Å². The minimum absolute atomic E-state index is 0.299. The van der Waals surface area contributed by atoms with Crippen molar-refractivity contribution in [3.8, 4) is 16.9 Å². The van der Waals surface area contributed by atoms with Gasteiger partial charge in [0.05, 0.1) is 24.8 Å². The zero-order valence-corrected chi connectivity index (χ0v) is 12.6. The van der Waals surface area contributed by atoms with E-state index in [1.165, 1.54) is 0 Å². The molecule has 0 amide bonds. The van der Waals surface area contributed by atoms with Gasteiger partial charge in [-0.15, -0.1) is 0 Å². The molecule has 0 spiro atoms. The summed E-state index contributed by atoms with van der Waals surface area (Å²) < 4.78 is 12.2. The van der Waals surface area contributed by atoms with Gasteiger partial charge in [-0.1, -0.05) is 12.1 Å². The smallest absolute Gasteiger partial charge is 0.340 e. The van der Waals surface area contributed by atoms with E-state index in [1.54, 1.807) is 20.1 Å². The number of ether oxygens (including phenoxy) is 2. The molecule has 112 valence electrons. The lowest BCUT2D eigenvalue weighted by Gasteiger charge is -2.03. The first-order valence-corrected chi connectivity index (χ1v) is 7.15. The van der Waals surface area contributed by atoms with E-state index in [0.29, 0.717) is 12.2 Å². The maximum absolute atomic E-state index is 12.0. The van der Waals surface area contributed by atoms with Crippen LogP contribution in [0.25, 0.3) is 16.6 Å². The fourth-order valence-electron chi connectivity index (χ4n) is 2.46. The highest BCUT2D eigenvalue weighted by molar-refractivity contribution is 5.98. The van der Waals surface area contributed by atoms with Crippen molar-refractivity contribution in [2.45, 2.75) is 6.92 Å². The molecule has 3 rings (SSSR count). The van der Waals surface area contributed by atoms with E-state index in [2.05, 4.69) is 0 Å². The molecular formula is C18H17NO3. The Morgan fingerprint density at radius 3 is 2.59 bits per heavy atom. The number of nitrogens with zero attached hydrogens (tertiary/aromatic N) is 1. The van der Waals surface area contributed by atoms with E-state index in [0.717, 1.165) is 22.4 Å². The van der Waals surface area contributed by atoms with Crippen molar-refractivity contribution in [2.24, 2.45) is 0 Å². The first kappa shape index (κ1) is 14.2. The first-order chi connectivity index (χ1) is 10.7. The van der Waals surface area contributed by atoms with Gasteiger partial charge in [0.1, 0.15) is 5.75 Å². The second kappa shape index (κ2) is 5.93. The summed E-state index contributed by atoms with van der Waals surface area (Å²) in [5.41, 5.74) is 3.52. The van der Waals surface area contributed by atoms with Crippen molar-refractivity contribution in [2.75, 3.05) is 13.7 Å². The number of hydrogen-bond acceptors (Lipinski definition) is 3. The summed E-state index contributed by atoms with van der Waals surface area (Å²) in [7, 11) is 1.65. The Kier molecular flexibility index (Phi) is 3.83. The van der Waals surface area contributed by atoms with Crippen LogP contribution in [0, 0.1) is 0 Å². The predicted octanol–water partition coefficient (Wildman–Crippen LogP) is 3.79. The van der Waals surface area contributed by atoms with Gasteiger partial charge in [0, 0.05) is 18.0 Å². The van der Waals surface area contributed by atoms with Crippen molar-refractivity contribution < 1.29 is 14.3 Å². The SMILES string of the molecule is CCOC(=O)c1cccn2cc(-c3ccc(OC)cc3)cc12. The average Bonchev–Trinajstić information content (AvgIpc) is 2.99. The molecule has 0 unspecified atom stereocenters. The molecule has 22 heavy (non-hydrogen) atoms. The van der Waals surface area contributed by atoms with Gasteiger partial charge in [-0.05, 0) is 42.8 Å². The van der Waals surface area contributed by atoms with Crippen LogP contribution in [0.2, 0.25) is 0 Å². The van der Waals surface area contributed by atoms with Crippen LogP contribution in [-0.4, -0.2) is 24.1 Å². The van der Waals surface area contributed by atoms with Gasteiger partial charge < -0.3 is 13.9 Å². The second-order valence-electron chi connectivity index (χ2n) is 4.89. The molecular weight excluding hydrogens is 278 g/mol. The lowest BCUT2D eigenvalue weighted by Crippen LogP contribution is -2.05. The van der Waals surface area contributed by atoms with Crippen molar-refractivity contribution >= 4 is 11.5 Å². The Balaban J connectivity index is 2.05. The van der Waals surface area contributed by atoms with E-state index >= 15 is 0 Å². The summed E-state index contributed by atoms with van der Waals surface area (Å²) >= 11 is 0. The van der Waals surface area contributed by atoms with Crippen molar-refractivity contribution in [3.05, 3.63) is 60.4 Å². The van der Waals surface area contributed by atoms with Crippen LogP contribution in [0.1, 0.15) is 17.3 Å². The Hall–Kier alpha value is -2.75. The lowest BCUT2D eigenvalue weighted by molar-refractivity contribution is 0.0528. The molecule has 0 saturated carbocycles. The number of rotatable bonds is 4. The molecule has 0 atom stereocenters. The standard InChI is InChI=1S/C18H17NO3/c1-3-22-18(20)16-5-4-10-19-12-14(11-17(16)19)13-6-8-15(21-2)9-7-13/h4-12H,3H2,1-2H3. The van der Waals surface area contributed by atoms with Gasteiger partial charge in [-0.25, -0.2) is 4.79 Å². The molecule has 0 radical (unpaired) electrons. The van der Waals surface area contributed by atoms with E-state index in [4.69, 9.17) is 9.47 Å². The highest BCUT2D eigenvalue weighted by Crippen LogP contribution is 2.26. The second-order valence-corrected chi connectivity index (χ2v) is 4.89. The van der Waals surface area contributed by atoms with Crippen molar-refractivity contribution in [3.63, 3.8) is 0 Å². The summed E-state index contributed by atoms with van der Waals surface area (Å²) in [5.74, 6) is 0.521. The largest absolute Gasteiger partial charge is 0.497 e. The monoisotopic (exact) mass is 295 g/mol. The number of aromatic nitrogens is 1. The van der Waals surface area contributed by atoms with Crippen LogP contribution < -0.4 is 4.74 Å². The first-order valence-electron chi connectivity index (χ1n) is 7.15. The Labute approximate surface area is 128 Å². The fraction of sp³-hybridized carbons (Fsp3) is 0.167. The van der Waals surface area contributed by atoms with Gasteiger partial charge in [0.25, 0.3) is 0 Å². The molecule has 0 aliphatic carbocycles. The number of carbonyl (C=O) groups excluding carboxylic acids is 1. The van der Waals surface area contributed by atoms with E-state index in [1.807, 2.05) is 53.2 Å². The fourth-order valence-corrected chi connectivity index (χ4v) is 2.46. The number of benzene rings is 1. The van der Waals surface area contributed by atoms with Crippen molar-refractivity contribution in [1.82, 2.24) is 4.40 Å². The van der Waals surface area contributed by atoms with Gasteiger partial charge in [-0.3, -0.25) is 0 Å². The normalized spacial score (nSPS) is 10.6. The lowest BCUT2D eigenvalue weighted by atomic mass is 10.1. The molecule has 4 heteroatoms. The van der Waals surface area contributed by atoms with Crippen LogP contribution >= 0.6 is 0 Å². The maximum Gasteiger partial charge on any atom is 0.340 e. The molecule has 4 nitrogen and oxygen atoms in total. The minimum Gasteiger partial charge on any atom is -0.497 e. The molecule has 0 saturated heterocycles. The van der Waals surface area contributed by atoms with Crippen molar-refractivity contribution in [1.29, 1.82) is 0 Å². The van der Waals surface area contributed by atoms with Crippen LogP contribution in [-0.2, 0) is 4.74 Å². The molecule has 1 aromatic carbocycles. The van der Waals surface area contributed by atoms with Gasteiger partial charge in [0.2, 0.25) is 0 Å². The number of esters is 1. The van der Waals surface area contributed by atoms with E-state index in [-0.39, 0.29) is 5.97 Å². The molecule has 0 aliphatic heterocycles. The summed E-state index contributed by atoms with van der Waals surface area (Å²) in [6, 6.07) is 13.5. The van der Waals surface area contributed by atoms with Gasteiger partial charge in [0.15, 0.2) is 0 Å². The summed E-state index contributed by atoms with van der Waals surface area (Å²) in [6.45, 7) is 2.17. The zero-order chi connectivity index (χ0) is 15.5. The van der Waals surface area contributed by atoms with Crippen LogP contribution in [0.5, 0.6) is 5.75 Å². The predicted molar refractivity (Wildman–Crippen MR) is 85.3 cm³/mol. The number of hydrogen-bond donors (Lipinski definition) is 0. The third kappa shape index (κ3) is 2.55. The molecule has 0 aliphatic rings. The summed E-state index contributed by atoms with van der Waals surface area (Å²) in [4.78, 5) is 12.0. The Bertz CT molecular complexity index is 803. The minimum atomic E-state index is -0.299. The number of carbonyl (C=O) groups is 1. The molecule has 2 heterocycles. The van der Waals surface area contributed by atoms with Gasteiger partial charge >= 0.3 is 5.97 Å². The third-order valence-corrected chi connectivity index (χ3v) is 3.55. The van der Waals surface area contributed by atoms with Crippen LogP contribution in [0.4, 0.5) is 0 Å². The number of fused-ring (bicyclic) bond motifs is 1. The van der Waals surface area contributed by atoms with Crippen LogP contribution in [0.15, 0.2) is 54.9 Å². The molecule has 0 bridgehead atoms. The number of pyridine rings is 1. The highest BCUT2D eigenvalue weighted by Gasteiger charge is 2.13. The molecule has 0 N–H and O–H groups in total. The zero-order valence-electron chi connectivity index (χ0n) is 12.6. The van der Waals surface area contributed by atoms with E-state index < -0.39 is 0 Å². The maximum atomic E-state index is 12.0. The summed E-state index contributed by atoms with van der Waals surface area (Å²) in [5, 5.41) is 0. The quantitative estimate of drug-likeness (QED) is 0.687. The summed E-state index contributed by atoms with van der Waals surface area (Å²) in [6.07, 6.45) is 3.92. The Morgan fingerprint density at radius 1 is 1.14 bits per heavy atom. The number of methoxy groups -OCH3 is 1. The molecule has 2 aromatic heterocycles. The van der Waals surface area contributed by atoms with Crippen LogP contribution in [0.3, 0.4) is 0 Å². The topological polar surface area (TPSA) is 39.9 Å². The molecule has 3 aromatic rings. The molecule has 0 fully saturated rings. The third-order valence-electron chi connectivity index (χ3n) is 3.55. The average molecular weight is 295 g/mol. The highest BCUT2D eigenvalue weighted by atomic mass is 16.5. The van der Waals surface area contributed by atoms with Gasteiger partial charge in [-0.2, -0.15) is 0 Å².